The van der Waals surface area contributed by atoms with Gasteiger partial charge in [-0.25, -0.2) is 9.97 Å². The first-order valence-electron chi connectivity index (χ1n) is 9.14. The second-order valence-corrected chi connectivity index (χ2v) is 6.11. The fourth-order valence-electron chi connectivity index (χ4n) is 2.56. The van der Waals surface area contributed by atoms with Crippen LogP contribution in [0.25, 0.3) is 0 Å². The SMILES string of the molecule is CNc1cccc(CNCCOc2cccc(OCc3cccc(N)n3)c2)n1. The Morgan fingerprint density at radius 2 is 1.64 bits per heavy atom. The van der Waals surface area contributed by atoms with Crippen LogP contribution in [0.2, 0.25) is 0 Å². The molecule has 28 heavy (non-hydrogen) atoms. The number of hydrogen-bond acceptors (Lipinski definition) is 7. The average molecular weight is 379 g/mol. The predicted octanol–water partition coefficient (Wildman–Crippen LogP) is 2.85. The van der Waals surface area contributed by atoms with E-state index >= 15 is 0 Å². The van der Waals surface area contributed by atoms with Crippen molar-refractivity contribution in [1.29, 1.82) is 0 Å². The lowest BCUT2D eigenvalue weighted by atomic mass is 10.3. The number of hydrogen-bond donors (Lipinski definition) is 3. The quantitative estimate of drug-likeness (QED) is 0.466. The minimum atomic E-state index is 0.356. The van der Waals surface area contributed by atoms with Crippen molar-refractivity contribution in [3.05, 3.63) is 72.1 Å². The molecule has 0 aliphatic carbocycles. The third kappa shape index (κ3) is 6.14. The van der Waals surface area contributed by atoms with Gasteiger partial charge in [-0.3, -0.25) is 0 Å². The molecule has 0 unspecified atom stereocenters. The molecule has 2 aromatic heterocycles. The summed E-state index contributed by atoms with van der Waals surface area (Å²) < 4.78 is 11.6. The Morgan fingerprint density at radius 3 is 2.46 bits per heavy atom. The molecule has 2 heterocycles. The van der Waals surface area contributed by atoms with E-state index in [1.807, 2.05) is 61.6 Å². The summed E-state index contributed by atoms with van der Waals surface area (Å²) in [6, 6.07) is 19.0. The van der Waals surface area contributed by atoms with Gasteiger partial charge in [0.25, 0.3) is 0 Å². The van der Waals surface area contributed by atoms with E-state index in [0.29, 0.717) is 32.1 Å². The monoisotopic (exact) mass is 379 g/mol. The van der Waals surface area contributed by atoms with Gasteiger partial charge < -0.3 is 25.8 Å². The summed E-state index contributed by atoms with van der Waals surface area (Å²) in [4.78, 5) is 8.69. The van der Waals surface area contributed by atoms with E-state index in [9.17, 15) is 0 Å². The van der Waals surface area contributed by atoms with Gasteiger partial charge in [0.15, 0.2) is 0 Å². The minimum Gasteiger partial charge on any atom is -0.492 e. The number of nitrogens with zero attached hydrogens (tertiary/aromatic N) is 2. The molecular weight excluding hydrogens is 354 g/mol. The molecule has 146 valence electrons. The number of ether oxygens (including phenoxy) is 2. The molecule has 0 saturated heterocycles. The number of pyridine rings is 2. The Labute approximate surface area is 164 Å². The molecule has 3 aromatic rings. The summed E-state index contributed by atoms with van der Waals surface area (Å²) in [5.41, 5.74) is 7.45. The zero-order valence-corrected chi connectivity index (χ0v) is 15.9. The van der Waals surface area contributed by atoms with Crippen molar-refractivity contribution in [3.8, 4) is 11.5 Å². The summed E-state index contributed by atoms with van der Waals surface area (Å²) in [5.74, 6) is 2.83. The van der Waals surface area contributed by atoms with E-state index in [1.165, 1.54) is 0 Å². The second-order valence-electron chi connectivity index (χ2n) is 6.11. The molecule has 7 nitrogen and oxygen atoms in total. The summed E-state index contributed by atoms with van der Waals surface area (Å²) in [6.45, 7) is 2.31. The highest BCUT2D eigenvalue weighted by Crippen LogP contribution is 2.20. The zero-order valence-electron chi connectivity index (χ0n) is 15.9. The van der Waals surface area contributed by atoms with Crippen LogP contribution >= 0.6 is 0 Å². The van der Waals surface area contributed by atoms with E-state index in [2.05, 4.69) is 20.6 Å². The summed E-state index contributed by atoms with van der Waals surface area (Å²) in [6.07, 6.45) is 0. The predicted molar refractivity (Wildman–Crippen MR) is 110 cm³/mol. The number of nitrogens with two attached hydrogens (primary N) is 1. The number of nitrogen functional groups attached to an aromatic ring is 1. The maximum atomic E-state index is 5.79. The van der Waals surface area contributed by atoms with Crippen LogP contribution in [0.5, 0.6) is 11.5 Å². The van der Waals surface area contributed by atoms with Gasteiger partial charge in [0.1, 0.15) is 36.3 Å². The highest BCUT2D eigenvalue weighted by molar-refractivity contribution is 5.34. The van der Waals surface area contributed by atoms with Crippen molar-refractivity contribution in [1.82, 2.24) is 15.3 Å². The second kappa shape index (κ2) is 10.1. The van der Waals surface area contributed by atoms with Crippen LogP contribution < -0.4 is 25.8 Å². The third-order valence-electron chi connectivity index (χ3n) is 3.94. The van der Waals surface area contributed by atoms with E-state index in [0.717, 1.165) is 28.7 Å². The van der Waals surface area contributed by atoms with Crippen molar-refractivity contribution in [3.63, 3.8) is 0 Å². The lowest BCUT2D eigenvalue weighted by Crippen LogP contribution is -2.21. The number of nitrogens with one attached hydrogen (secondary N) is 2. The fraction of sp³-hybridized carbons (Fsp3) is 0.238. The minimum absolute atomic E-state index is 0.356. The molecule has 0 fully saturated rings. The van der Waals surface area contributed by atoms with Gasteiger partial charge in [-0.2, -0.15) is 0 Å². The Morgan fingerprint density at radius 1 is 0.893 bits per heavy atom. The van der Waals surface area contributed by atoms with Crippen LogP contribution in [0.1, 0.15) is 11.4 Å². The topological polar surface area (TPSA) is 94.3 Å². The molecular formula is C21H25N5O2. The lowest BCUT2D eigenvalue weighted by Gasteiger charge is -2.10. The summed E-state index contributed by atoms with van der Waals surface area (Å²) in [5, 5.41) is 6.36. The van der Waals surface area contributed by atoms with Crippen LogP contribution in [0.3, 0.4) is 0 Å². The third-order valence-corrected chi connectivity index (χ3v) is 3.94. The molecule has 1 aromatic carbocycles. The Hall–Kier alpha value is -3.32. The Kier molecular flexibility index (Phi) is 7.03. The Bertz CT molecular complexity index is 888. The number of aromatic nitrogens is 2. The molecule has 7 heteroatoms. The van der Waals surface area contributed by atoms with Gasteiger partial charge in [0.2, 0.25) is 0 Å². The molecule has 0 bridgehead atoms. The standard InChI is InChI=1S/C21H25N5O2/c1-23-21-10-3-5-16(26-21)14-24-11-12-27-18-7-4-8-19(13-18)28-15-17-6-2-9-20(22)25-17/h2-10,13,24H,11-12,14-15H2,1H3,(H2,22,25)(H,23,26). The van der Waals surface area contributed by atoms with Crippen molar-refractivity contribution in [2.24, 2.45) is 0 Å². The van der Waals surface area contributed by atoms with Crippen LogP contribution in [-0.2, 0) is 13.2 Å². The van der Waals surface area contributed by atoms with Crippen LogP contribution in [-0.4, -0.2) is 30.2 Å². The van der Waals surface area contributed by atoms with Crippen molar-refractivity contribution in [2.45, 2.75) is 13.2 Å². The molecule has 0 atom stereocenters. The van der Waals surface area contributed by atoms with Crippen molar-refractivity contribution in [2.75, 3.05) is 31.2 Å². The molecule has 0 aliphatic heterocycles. The maximum Gasteiger partial charge on any atom is 0.130 e. The van der Waals surface area contributed by atoms with Crippen LogP contribution in [0, 0.1) is 0 Å². The van der Waals surface area contributed by atoms with Crippen molar-refractivity contribution < 1.29 is 9.47 Å². The fourth-order valence-corrected chi connectivity index (χ4v) is 2.56. The first-order chi connectivity index (χ1) is 13.7. The van der Waals surface area contributed by atoms with Gasteiger partial charge in [-0.05, 0) is 36.4 Å². The first kappa shape index (κ1) is 19.4. The molecule has 3 rings (SSSR count). The van der Waals surface area contributed by atoms with Gasteiger partial charge >= 0.3 is 0 Å². The van der Waals surface area contributed by atoms with E-state index in [1.54, 1.807) is 6.07 Å². The normalized spacial score (nSPS) is 10.5. The first-order valence-corrected chi connectivity index (χ1v) is 9.14. The number of rotatable bonds is 10. The van der Waals surface area contributed by atoms with E-state index in [-0.39, 0.29) is 0 Å². The Balaban J connectivity index is 1.40. The van der Waals surface area contributed by atoms with Crippen LogP contribution in [0.4, 0.5) is 11.6 Å². The van der Waals surface area contributed by atoms with Crippen LogP contribution in [0.15, 0.2) is 60.7 Å². The summed E-state index contributed by atoms with van der Waals surface area (Å²) in [7, 11) is 1.86. The lowest BCUT2D eigenvalue weighted by molar-refractivity contribution is 0.291. The van der Waals surface area contributed by atoms with E-state index < -0.39 is 0 Å². The zero-order chi connectivity index (χ0) is 19.6. The molecule has 4 N–H and O–H groups in total. The summed E-state index contributed by atoms with van der Waals surface area (Å²) >= 11 is 0. The van der Waals surface area contributed by atoms with Crippen molar-refractivity contribution >= 4 is 11.6 Å². The highest BCUT2D eigenvalue weighted by Gasteiger charge is 2.01. The molecule has 0 spiro atoms. The molecule has 0 aliphatic rings. The average Bonchev–Trinajstić information content (AvgIpc) is 2.72. The van der Waals surface area contributed by atoms with Gasteiger partial charge in [0, 0.05) is 26.2 Å². The largest absolute Gasteiger partial charge is 0.492 e. The highest BCUT2D eigenvalue weighted by atomic mass is 16.5. The van der Waals surface area contributed by atoms with E-state index in [4.69, 9.17) is 15.2 Å². The molecule has 0 saturated carbocycles. The molecule has 0 amide bonds. The smallest absolute Gasteiger partial charge is 0.130 e. The number of benzene rings is 1. The van der Waals surface area contributed by atoms with Gasteiger partial charge in [-0.15, -0.1) is 0 Å². The molecule has 0 radical (unpaired) electrons. The maximum absolute atomic E-state index is 5.79. The number of anilines is 2. The van der Waals surface area contributed by atoms with Gasteiger partial charge in [0.05, 0.1) is 11.4 Å². The van der Waals surface area contributed by atoms with Gasteiger partial charge in [-0.1, -0.05) is 18.2 Å².